The molecule has 94 valence electrons. The van der Waals surface area contributed by atoms with Gasteiger partial charge in [-0.25, -0.2) is 4.79 Å². The fourth-order valence-corrected chi connectivity index (χ4v) is 1.89. The molecule has 0 aliphatic heterocycles. The second-order valence-electron chi connectivity index (χ2n) is 4.34. The number of nitrogens with two attached hydrogens (primary N) is 1. The Labute approximate surface area is 102 Å². The Morgan fingerprint density at radius 3 is 2.41 bits per heavy atom. The van der Waals surface area contributed by atoms with Gasteiger partial charge in [0.2, 0.25) is 0 Å². The normalized spacial score (nSPS) is 10.2. The molecule has 0 bridgehead atoms. The first-order valence-electron chi connectivity index (χ1n) is 5.52. The van der Waals surface area contributed by atoms with Gasteiger partial charge >= 0.3 is 6.03 Å². The zero-order chi connectivity index (χ0) is 13.2. The predicted molar refractivity (Wildman–Crippen MR) is 68.3 cm³/mol. The monoisotopic (exact) mass is 236 g/mol. The lowest BCUT2D eigenvalue weighted by molar-refractivity contribution is 0.216. The van der Waals surface area contributed by atoms with Crippen molar-refractivity contribution in [3.63, 3.8) is 0 Å². The molecule has 2 N–H and O–H groups in total. The molecule has 0 aromatic heterocycles. The SMILES string of the molecule is COc1c(C)c(C)cc(C)c1CN(C)C(N)=O. The van der Waals surface area contributed by atoms with Crippen molar-refractivity contribution in [2.24, 2.45) is 5.73 Å². The van der Waals surface area contributed by atoms with Crippen molar-refractivity contribution in [3.05, 3.63) is 28.3 Å². The van der Waals surface area contributed by atoms with Crippen LogP contribution in [0.4, 0.5) is 4.79 Å². The summed E-state index contributed by atoms with van der Waals surface area (Å²) in [5.41, 5.74) is 9.65. The van der Waals surface area contributed by atoms with Crippen molar-refractivity contribution in [3.8, 4) is 5.75 Å². The van der Waals surface area contributed by atoms with E-state index < -0.39 is 6.03 Å². The maximum atomic E-state index is 11.1. The smallest absolute Gasteiger partial charge is 0.314 e. The molecule has 17 heavy (non-hydrogen) atoms. The largest absolute Gasteiger partial charge is 0.496 e. The first kappa shape index (κ1) is 13.4. The summed E-state index contributed by atoms with van der Waals surface area (Å²) in [5, 5.41) is 0. The second kappa shape index (κ2) is 5.08. The first-order valence-corrected chi connectivity index (χ1v) is 5.52. The highest BCUT2D eigenvalue weighted by Crippen LogP contribution is 2.30. The summed E-state index contributed by atoms with van der Waals surface area (Å²) in [6.45, 7) is 6.54. The fraction of sp³-hybridized carbons (Fsp3) is 0.462. The van der Waals surface area contributed by atoms with E-state index in [0.717, 1.165) is 22.4 Å². The summed E-state index contributed by atoms with van der Waals surface area (Å²) in [4.78, 5) is 12.5. The molecule has 0 saturated heterocycles. The van der Waals surface area contributed by atoms with Crippen LogP contribution in [0.3, 0.4) is 0 Å². The first-order chi connectivity index (χ1) is 7.88. The molecule has 0 radical (unpaired) electrons. The number of ether oxygens (including phenoxy) is 1. The molecule has 0 aliphatic rings. The molecule has 0 spiro atoms. The Balaban J connectivity index is 3.22. The molecule has 1 aromatic carbocycles. The number of carbonyl (C=O) groups is 1. The van der Waals surface area contributed by atoms with Crippen molar-refractivity contribution in [2.45, 2.75) is 27.3 Å². The zero-order valence-electron chi connectivity index (χ0n) is 11.1. The van der Waals surface area contributed by atoms with Crippen LogP contribution in [-0.2, 0) is 6.54 Å². The molecule has 4 heteroatoms. The molecular formula is C13H20N2O2. The highest BCUT2D eigenvalue weighted by molar-refractivity contribution is 5.71. The van der Waals surface area contributed by atoms with Crippen LogP contribution in [0.2, 0.25) is 0 Å². The number of benzene rings is 1. The number of rotatable bonds is 3. The lowest BCUT2D eigenvalue weighted by atomic mass is 9.98. The standard InChI is InChI=1S/C13H20N2O2/c1-8-6-9(2)11(7-15(4)13(14)16)12(17-5)10(8)3/h6H,7H2,1-5H3,(H2,14,16). The molecule has 1 aromatic rings. The van der Waals surface area contributed by atoms with Gasteiger partial charge in [0, 0.05) is 12.6 Å². The van der Waals surface area contributed by atoms with Gasteiger partial charge < -0.3 is 15.4 Å². The number of nitrogens with zero attached hydrogens (tertiary/aromatic N) is 1. The van der Waals surface area contributed by atoms with E-state index >= 15 is 0 Å². The highest BCUT2D eigenvalue weighted by Gasteiger charge is 2.15. The zero-order valence-corrected chi connectivity index (χ0v) is 11.1. The van der Waals surface area contributed by atoms with Gasteiger partial charge in [-0.2, -0.15) is 0 Å². The third-order valence-corrected chi connectivity index (χ3v) is 3.09. The van der Waals surface area contributed by atoms with Gasteiger partial charge in [-0.1, -0.05) is 6.07 Å². The van der Waals surface area contributed by atoms with Gasteiger partial charge in [0.15, 0.2) is 0 Å². The third-order valence-electron chi connectivity index (χ3n) is 3.09. The summed E-state index contributed by atoms with van der Waals surface area (Å²) in [6.07, 6.45) is 0. The Hall–Kier alpha value is -1.71. The van der Waals surface area contributed by atoms with Gasteiger partial charge in [-0.05, 0) is 37.5 Å². The number of aryl methyl sites for hydroxylation is 2. The molecule has 0 unspecified atom stereocenters. The van der Waals surface area contributed by atoms with Crippen LogP contribution < -0.4 is 10.5 Å². The van der Waals surface area contributed by atoms with Crippen LogP contribution in [0, 0.1) is 20.8 Å². The molecule has 1 rings (SSSR count). The molecular weight excluding hydrogens is 216 g/mol. The minimum absolute atomic E-state index is 0.440. The Bertz CT molecular complexity index is 442. The number of hydrogen-bond acceptors (Lipinski definition) is 2. The van der Waals surface area contributed by atoms with E-state index in [-0.39, 0.29) is 0 Å². The number of methoxy groups -OCH3 is 1. The minimum Gasteiger partial charge on any atom is -0.496 e. The van der Waals surface area contributed by atoms with Gasteiger partial charge in [0.1, 0.15) is 5.75 Å². The Morgan fingerprint density at radius 2 is 1.94 bits per heavy atom. The number of primary amides is 1. The van der Waals surface area contributed by atoms with Crippen LogP contribution in [0.5, 0.6) is 5.75 Å². The summed E-state index contributed by atoms with van der Waals surface area (Å²) in [6, 6.07) is 1.66. The molecule has 2 amide bonds. The van der Waals surface area contributed by atoms with Crippen molar-refractivity contribution in [1.82, 2.24) is 4.90 Å². The number of amides is 2. The lowest BCUT2D eigenvalue weighted by Crippen LogP contribution is -2.31. The van der Waals surface area contributed by atoms with Crippen LogP contribution in [0.1, 0.15) is 22.3 Å². The minimum atomic E-state index is -0.440. The number of urea groups is 1. The van der Waals surface area contributed by atoms with Gasteiger partial charge in [-0.15, -0.1) is 0 Å². The van der Waals surface area contributed by atoms with Crippen molar-refractivity contribution >= 4 is 6.03 Å². The summed E-state index contributed by atoms with van der Waals surface area (Å²) >= 11 is 0. The molecule has 0 aliphatic carbocycles. The van der Waals surface area contributed by atoms with Crippen molar-refractivity contribution < 1.29 is 9.53 Å². The summed E-state index contributed by atoms with van der Waals surface area (Å²) in [7, 11) is 3.32. The molecule has 4 nitrogen and oxygen atoms in total. The number of hydrogen-bond donors (Lipinski definition) is 1. The van der Waals surface area contributed by atoms with Crippen LogP contribution >= 0.6 is 0 Å². The summed E-state index contributed by atoms with van der Waals surface area (Å²) in [5.74, 6) is 0.843. The lowest BCUT2D eigenvalue weighted by Gasteiger charge is -2.21. The van der Waals surface area contributed by atoms with E-state index in [1.165, 1.54) is 10.5 Å². The van der Waals surface area contributed by atoms with E-state index in [0.29, 0.717) is 6.54 Å². The highest BCUT2D eigenvalue weighted by atomic mass is 16.5. The predicted octanol–water partition coefficient (Wildman–Crippen LogP) is 2.13. The average Bonchev–Trinajstić information content (AvgIpc) is 2.26. The van der Waals surface area contributed by atoms with E-state index in [1.807, 2.05) is 20.8 Å². The van der Waals surface area contributed by atoms with Crippen LogP contribution in [0.15, 0.2) is 6.07 Å². The Kier molecular flexibility index (Phi) is 3.99. The topological polar surface area (TPSA) is 55.6 Å². The van der Waals surface area contributed by atoms with E-state index in [2.05, 4.69) is 6.07 Å². The van der Waals surface area contributed by atoms with Crippen LogP contribution in [0.25, 0.3) is 0 Å². The van der Waals surface area contributed by atoms with Gasteiger partial charge in [-0.3, -0.25) is 0 Å². The van der Waals surface area contributed by atoms with Crippen molar-refractivity contribution in [2.75, 3.05) is 14.2 Å². The number of carbonyl (C=O) groups excluding carboxylic acids is 1. The fourth-order valence-electron chi connectivity index (χ4n) is 1.89. The summed E-state index contributed by atoms with van der Waals surface area (Å²) < 4.78 is 5.44. The second-order valence-corrected chi connectivity index (χ2v) is 4.34. The average molecular weight is 236 g/mol. The van der Waals surface area contributed by atoms with E-state index in [1.54, 1.807) is 14.2 Å². The maximum absolute atomic E-state index is 11.1. The molecule has 0 heterocycles. The van der Waals surface area contributed by atoms with Crippen molar-refractivity contribution in [1.29, 1.82) is 0 Å². The van der Waals surface area contributed by atoms with Crippen LogP contribution in [-0.4, -0.2) is 25.1 Å². The van der Waals surface area contributed by atoms with E-state index in [9.17, 15) is 4.79 Å². The molecule has 0 fully saturated rings. The van der Waals surface area contributed by atoms with E-state index in [4.69, 9.17) is 10.5 Å². The maximum Gasteiger partial charge on any atom is 0.314 e. The molecule has 0 atom stereocenters. The Morgan fingerprint density at radius 1 is 1.35 bits per heavy atom. The quantitative estimate of drug-likeness (QED) is 0.874. The third kappa shape index (κ3) is 2.70. The van der Waals surface area contributed by atoms with Gasteiger partial charge in [0.05, 0.1) is 13.7 Å². The van der Waals surface area contributed by atoms with Gasteiger partial charge in [0.25, 0.3) is 0 Å². The molecule has 0 saturated carbocycles.